The number of aromatic amines is 1. The molecule has 0 aliphatic heterocycles. The summed E-state index contributed by atoms with van der Waals surface area (Å²) in [5.41, 5.74) is 2.38. The predicted octanol–water partition coefficient (Wildman–Crippen LogP) is 5.16. The molecule has 0 spiro atoms. The summed E-state index contributed by atoms with van der Waals surface area (Å²) in [5, 5.41) is 2.62. The van der Waals surface area contributed by atoms with Gasteiger partial charge in [0.2, 0.25) is 0 Å². The Hall–Kier alpha value is -4.48. The molecule has 5 aromatic rings. The van der Waals surface area contributed by atoms with Gasteiger partial charge in [0.25, 0.3) is 5.56 Å². The Balaban J connectivity index is 0.00000148. The number of aromatic nitrogens is 6. The second kappa shape index (κ2) is 10.0. The van der Waals surface area contributed by atoms with Crippen LogP contribution in [-0.2, 0) is 6.18 Å². The highest BCUT2D eigenvalue weighted by atomic mass is 19.4. The van der Waals surface area contributed by atoms with Gasteiger partial charge < -0.3 is 10.3 Å². The Labute approximate surface area is 203 Å². The molecular weight excluding hydrogens is 473 g/mol. The number of alkyl halides is 3. The second-order valence-corrected chi connectivity index (χ2v) is 7.48. The zero-order valence-electron chi connectivity index (χ0n) is 19.6. The summed E-state index contributed by atoms with van der Waals surface area (Å²) in [6.07, 6.45) is -1.92. The lowest BCUT2D eigenvalue weighted by molar-refractivity contribution is -0.136. The molecule has 0 saturated carbocycles. The number of rotatable bonds is 5. The van der Waals surface area contributed by atoms with Gasteiger partial charge in [-0.1, -0.05) is 38.1 Å². The Morgan fingerprint density at radius 1 is 1.00 bits per heavy atom. The van der Waals surface area contributed by atoms with Crippen LogP contribution in [0.25, 0.3) is 22.1 Å². The van der Waals surface area contributed by atoms with Gasteiger partial charge in [0.05, 0.1) is 34.5 Å². The minimum absolute atomic E-state index is 0.0658. The van der Waals surface area contributed by atoms with E-state index in [0.717, 1.165) is 10.7 Å². The molecule has 0 amide bonds. The minimum atomic E-state index is -4.72. The van der Waals surface area contributed by atoms with Gasteiger partial charge in [0, 0.05) is 0 Å². The van der Waals surface area contributed by atoms with Crippen LogP contribution in [0, 0.1) is 0 Å². The molecular formula is C24H23F3N8O. The van der Waals surface area contributed by atoms with Gasteiger partial charge in [-0.05, 0) is 31.2 Å². The monoisotopic (exact) mass is 496 g/mol. The molecule has 9 nitrogen and oxygen atoms in total. The highest BCUT2D eigenvalue weighted by Gasteiger charge is 2.34. The van der Waals surface area contributed by atoms with E-state index in [9.17, 15) is 18.0 Å². The van der Waals surface area contributed by atoms with Crippen LogP contribution in [-0.4, -0.2) is 29.6 Å². The summed E-state index contributed by atoms with van der Waals surface area (Å²) in [5.74, 6) is 0.562. The van der Waals surface area contributed by atoms with Gasteiger partial charge in [0.1, 0.15) is 11.8 Å². The first-order chi connectivity index (χ1) is 17.3. The fourth-order valence-corrected chi connectivity index (χ4v) is 3.67. The SMILES string of the molecule is CC.CC(Nc1ncnc2nc[nH]c12)c1nc2cccc(C(F)(F)F)c2c(=O)n1Nc1ccccc1. The van der Waals surface area contributed by atoms with Gasteiger partial charge >= 0.3 is 6.18 Å². The van der Waals surface area contributed by atoms with Crippen molar-refractivity contribution in [1.29, 1.82) is 0 Å². The van der Waals surface area contributed by atoms with Crippen LogP contribution in [0.4, 0.5) is 24.7 Å². The fraction of sp³-hybridized carbons (Fsp3) is 0.208. The third-order valence-electron chi connectivity index (χ3n) is 5.21. The number of nitrogens with zero attached hydrogens (tertiary/aromatic N) is 5. The largest absolute Gasteiger partial charge is 0.417 e. The third-order valence-corrected chi connectivity index (χ3v) is 5.21. The van der Waals surface area contributed by atoms with E-state index in [-0.39, 0.29) is 11.3 Å². The molecule has 0 saturated heterocycles. The number of halogens is 3. The summed E-state index contributed by atoms with van der Waals surface area (Å²) in [6.45, 7) is 5.72. The van der Waals surface area contributed by atoms with Crippen LogP contribution in [0.5, 0.6) is 0 Å². The molecule has 186 valence electrons. The van der Waals surface area contributed by atoms with E-state index in [1.807, 2.05) is 13.8 Å². The first kappa shape index (κ1) is 24.6. The highest BCUT2D eigenvalue weighted by molar-refractivity contribution is 5.83. The molecule has 0 fully saturated rings. The molecule has 0 radical (unpaired) electrons. The number of para-hydroxylation sites is 1. The van der Waals surface area contributed by atoms with Crippen molar-refractivity contribution >= 4 is 33.6 Å². The molecule has 12 heteroatoms. The predicted molar refractivity (Wildman–Crippen MR) is 132 cm³/mol. The molecule has 1 atom stereocenters. The summed E-state index contributed by atoms with van der Waals surface area (Å²) in [7, 11) is 0. The highest BCUT2D eigenvalue weighted by Crippen LogP contribution is 2.33. The number of benzene rings is 2. The molecule has 3 N–H and O–H groups in total. The van der Waals surface area contributed by atoms with Crippen LogP contribution in [0.15, 0.2) is 66.0 Å². The number of hydrogen-bond donors (Lipinski definition) is 3. The lowest BCUT2D eigenvalue weighted by Gasteiger charge is -2.21. The van der Waals surface area contributed by atoms with Crippen molar-refractivity contribution in [3.05, 3.63) is 82.9 Å². The first-order valence-electron chi connectivity index (χ1n) is 11.2. The molecule has 3 aromatic heterocycles. The summed E-state index contributed by atoms with van der Waals surface area (Å²) >= 11 is 0. The second-order valence-electron chi connectivity index (χ2n) is 7.48. The number of nitrogens with one attached hydrogen (secondary N) is 3. The maximum absolute atomic E-state index is 13.7. The van der Waals surface area contributed by atoms with Crippen LogP contribution in [0.2, 0.25) is 0 Å². The molecule has 0 bridgehead atoms. The van der Waals surface area contributed by atoms with E-state index in [0.29, 0.717) is 22.7 Å². The van der Waals surface area contributed by atoms with E-state index in [1.54, 1.807) is 37.3 Å². The average molecular weight is 496 g/mol. The van der Waals surface area contributed by atoms with Crippen molar-refractivity contribution < 1.29 is 13.2 Å². The molecule has 3 heterocycles. The Kier molecular flexibility index (Phi) is 6.86. The standard InChI is InChI=1S/C22H17F3N8O.C2H6/c1-12(30-19-17-18(27-10-26-17)28-11-29-19)20-31-15-9-5-8-14(22(23,24)25)16(15)21(34)33(20)32-13-6-3-2-4-7-13;1-2/h2-12,32H,1H3,(H2,26,27,28,29,30);1-2H3. The average Bonchev–Trinajstić information content (AvgIpc) is 3.36. The molecule has 36 heavy (non-hydrogen) atoms. The van der Waals surface area contributed by atoms with Gasteiger partial charge in [-0.25, -0.2) is 24.6 Å². The quantitative estimate of drug-likeness (QED) is 0.308. The molecule has 1 unspecified atom stereocenters. The molecule has 0 aliphatic carbocycles. The van der Waals surface area contributed by atoms with E-state index in [2.05, 4.69) is 35.7 Å². The number of anilines is 2. The Morgan fingerprint density at radius 2 is 1.75 bits per heavy atom. The van der Waals surface area contributed by atoms with Crippen LogP contribution < -0.4 is 16.3 Å². The number of hydrogen-bond acceptors (Lipinski definition) is 7. The van der Waals surface area contributed by atoms with Crippen LogP contribution >= 0.6 is 0 Å². The lowest BCUT2D eigenvalue weighted by atomic mass is 10.1. The number of imidazole rings is 1. The summed E-state index contributed by atoms with van der Waals surface area (Å²) in [6, 6.07) is 11.5. The zero-order valence-corrected chi connectivity index (χ0v) is 19.6. The normalized spacial score (nSPS) is 12.2. The van der Waals surface area contributed by atoms with Gasteiger partial charge in [-0.2, -0.15) is 13.2 Å². The van der Waals surface area contributed by atoms with Crippen LogP contribution in [0.1, 0.15) is 38.2 Å². The van der Waals surface area contributed by atoms with Crippen molar-refractivity contribution in [1.82, 2.24) is 29.6 Å². The van der Waals surface area contributed by atoms with Gasteiger partial charge in [-0.3, -0.25) is 10.2 Å². The number of H-pyrrole nitrogens is 1. The summed E-state index contributed by atoms with van der Waals surface area (Å²) in [4.78, 5) is 33.2. The van der Waals surface area contributed by atoms with Crippen molar-refractivity contribution in [2.24, 2.45) is 0 Å². The smallest absolute Gasteiger partial charge is 0.358 e. The molecule has 5 rings (SSSR count). The van der Waals surface area contributed by atoms with Crippen molar-refractivity contribution in [3.63, 3.8) is 0 Å². The Morgan fingerprint density at radius 3 is 2.47 bits per heavy atom. The van der Waals surface area contributed by atoms with E-state index < -0.39 is 28.7 Å². The lowest BCUT2D eigenvalue weighted by Crippen LogP contribution is -2.34. The van der Waals surface area contributed by atoms with E-state index >= 15 is 0 Å². The number of fused-ring (bicyclic) bond motifs is 2. The van der Waals surface area contributed by atoms with E-state index in [1.165, 1.54) is 24.8 Å². The van der Waals surface area contributed by atoms with E-state index in [4.69, 9.17) is 0 Å². The van der Waals surface area contributed by atoms with Crippen LogP contribution in [0.3, 0.4) is 0 Å². The fourth-order valence-electron chi connectivity index (χ4n) is 3.67. The first-order valence-corrected chi connectivity index (χ1v) is 11.2. The zero-order chi connectivity index (χ0) is 25.9. The maximum Gasteiger partial charge on any atom is 0.417 e. The third kappa shape index (κ3) is 4.69. The Bertz CT molecular complexity index is 1550. The topological polar surface area (TPSA) is 113 Å². The van der Waals surface area contributed by atoms with Gasteiger partial charge in [-0.15, -0.1) is 0 Å². The van der Waals surface area contributed by atoms with Crippen molar-refractivity contribution in [2.75, 3.05) is 10.7 Å². The summed E-state index contributed by atoms with van der Waals surface area (Å²) < 4.78 is 42.1. The van der Waals surface area contributed by atoms with Crippen molar-refractivity contribution in [2.45, 2.75) is 33.0 Å². The van der Waals surface area contributed by atoms with Gasteiger partial charge in [0.15, 0.2) is 17.3 Å². The molecule has 0 aliphatic rings. The maximum atomic E-state index is 13.7. The van der Waals surface area contributed by atoms with Crippen molar-refractivity contribution in [3.8, 4) is 0 Å². The minimum Gasteiger partial charge on any atom is -0.358 e. The molecule has 2 aromatic carbocycles.